The Bertz CT molecular complexity index is 1180. The minimum atomic E-state index is -1.50. The second-order valence-corrected chi connectivity index (χ2v) is 17.1. The van der Waals surface area contributed by atoms with Gasteiger partial charge in [0.2, 0.25) is 0 Å². The van der Waals surface area contributed by atoms with Gasteiger partial charge in [0.1, 0.15) is 24.4 Å². The molecule has 0 amide bonds. The second-order valence-electron chi connectivity index (χ2n) is 17.1. The largest absolute Gasteiger partial charge is 0.481 e. The molecular formula is C36H60O10. The second kappa shape index (κ2) is 12.3. The molecule has 10 heteroatoms. The van der Waals surface area contributed by atoms with Gasteiger partial charge in [0.25, 0.3) is 0 Å². The van der Waals surface area contributed by atoms with E-state index in [1.54, 1.807) is 13.8 Å². The van der Waals surface area contributed by atoms with E-state index in [0.717, 1.165) is 44.1 Å². The predicted molar refractivity (Wildman–Crippen MR) is 170 cm³/mol. The number of carboxylic acids is 1. The third-order valence-corrected chi connectivity index (χ3v) is 14.1. The molecule has 1 aliphatic heterocycles. The highest BCUT2D eigenvalue weighted by atomic mass is 16.7. The maximum absolute atomic E-state index is 13.6. The van der Waals surface area contributed by atoms with Gasteiger partial charge >= 0.3 is 5.97 Å². The Morgan fingerprint density at radius 3 is 2.24 bits per heavy atom. The lowest BCUT2D eigenvalue weighted by Gasteiger charge is -2.62. The average Bonchev–Trinajstić information content (AvgIpc) is 3.31. The molecular weight excluding hydrogens is 592 g/mol. The van der Waals surface area contributed by atoms with Crippen molar-refractivity contribution in [2.45, 2.75) is 161 Å². The van der Waals surface area contributed by atoms with Crippen LogP contribution in [0.5, 0.6) is 0 Å². The van der Waals surface area contributed by atoms with Gasteiger partial charge in [-0.15, -0.1) is 0 Å². The molecule has 0 aromatic heterocycles. The Kier molecular flexibility index (Phi) is 9.70. The number of fused-ring (bicyclic) bond motifs is 4. The summed E-state index contributed by atoms with van der Waals surface area (Å²) in [4.78, 5) is 13.6. The highest BCUT2D eigenvalue weighted by Crippen LogP contribution is 2.73. The molecule has 0 unspecified atom stereocenters. The van der Waals surface area contributed by atoms with Crippen LogP contribution in [0.15, 0.2) is 11.1 Å². The summed E-state index contributed by atoms with van der Waals surface area (Å²) in [5, 5.41) is 72.8. The minimum Gasteiger partial charge on any atom is -0.481 e. The summed E-state index contributed by atoms with van der Waals surface area (Å²) in [6, 6.07) is 0. The van der Waals surface area contributed by atoms with Crippen molar-refractivity contribution in [1.82, 2.24) is 0 Å². The van der Waals surface area contributed by atoms with Crippen LogP contribution in [-0.2, 0) is 14.3 Å². The molecule has 4 aliphatic carbocycles. The van der Waals surface area contributed by atoms with E-state index in [0.29, 0.717) is 25.7 Å². The zero-order valence-electron chi connectivity index (χ0n) is 28.9. The summed E-state index contributed by atoms with van der Waals surface area (Å²) in [6.45, 7) is 13.8. The molecule has 0 bridgehead atoms. The molecule has 2 saturated carbocycles. The van der Waals surface area contributed by atoms with Crippen molar-refractivity contribution in [3.63, 3.8) is 0 Å². The quantitative estimate of drug-likeness (QED) is 0.182. The van der Waals surface area contributed by atoms with Crippen LogP contribution in [0.1, 0.15) is 113 Å². The van der Waals surface area contributed by atoms with Crippen LogP contribution in [0.4, 0.5) is 0 Å². The molecule has 1 heterocycles. The van der Waals surface area contributed by atoms with Crippen molar-refractivity contribution in [2.75, 3.05) is 6.61 Å². The number of ether oxygens (including phenoxy) is 2. The van der Waals surface area contributed by atoms with Crippen molar-refractivity contribution in [2.24, 2.45) is 39.4 Å². The van der Waals surface area contributed by atoms with Gasteiger partial charge in [0, 0.05) is 0 Å². The van der Waals surface area contributed by atoms with Gasteiger partial charge in [-0.05, 0) is 112 Å². The molecule has 13 atom stereocenters. The fourth-order valence-electron chi connectivity index (χ4n) is 11.3. The maximum Gasteiger partial charge on any atom is 0.314 e. The fourth-order valence-corrected chi connectivity index (χ4v) is 11.3. The van der Waals surface area contributed by atoms with E-state index >= 15 is 0 Å². The number of aliphatic hydroxyl groups is 6. The Hall–Kier alpha value is -1.11. The summed E-state index contributed by atoms with van der Waals surface area (Å²) in [5.74, 6) is -0.103. The SMILES string of the molecule is C[C@H](CC[C@H](O)C(C)(C)O)[C@H]1CC[C@@]2(C(=O)O)C3=C(CC[C@]12C)[C@@]1(C)CC[C@@H](O[C@@H]2O[C@H](CO)[C@@H](O)[C@H](O)[C@H]2O)C(C)(C)[C@@H]1CC3. The van der Waals surface area contributed by atoms with Gasteiger partial charge in [-0.2, -0.15) is 0 Å². The zero-order chi connectivity index (χ0) is 34.2. The molecule has 3 fully saturated rings. The van der Waals surface area contributed by atoms with E-state index in [1.807, 2.05) is 0 Å². The van der Waals surface area contributed by atoms with Crippen molar-refractivity contribution in [3.05, 3.63) is 11.1 Å². The number of carbonyl (C=O) groups is 1. The van der Waals surface area contributed by atoms with Crippen LogP contribution in [0, 0.1) is 39.4 Å². The van der Waals surface area contributed by atoms with Gasteiger partial charge in [0.15, 0.2) is 6.29 Å². The molecule has 0 radical (unpaired) electrons. The Labute approximate surface area is 274 Å². The summed E-state index contributed by atoms with van der Waals surface area (Å²) < 4.78 is 12.1. The number of allylic oxidation sites excluding steroid dienone is 1. The first-order chi connectivity index (χ1) is 21.3. The van der Waals surface area contributed by atoms with Crippen molar-refractivity contribution >= 4 is 5.97 Å². The van der Waals surface area contributed by atoms with Crippen LogP contribution in [0.2, 0.25) is 0 Å². The highest BCUT2D eigenvalue weighted by Gasteiger charge is 2.68. The first kappa shape index (κ1) is 36.2. The highest BCUT2D eigenvalue weighted by molar-refractivity contribution is 5.82. The van der Waals surface area contributed by atoms with Crippen LogP contribution in [-0.4, -0.2) is 96.8 Å². The normalized spacial score (nSPS) is 45.4. The Balaban J connectivity index is 1.40. The lowest BCUT2D eigenvalue weighted by molar-refractivity contribution is -0.325. The minimum absolute atomic E-state index is 0.192. The molecule has 1 saturated heterocycles. The Morgan fingerprint density at radius 2 is 1.63 bits per heavy atom. The zero-order valence-corrected chi connectivity index (χ0v) is 28.9. The van der Waals surface area contributed by atoms with E-state index in [1.165, 1.54) is 5.57 Å². The molecule has 0 aromatic rings. The first-order valence-corrected chi connectivity index (χ1v) is 17.6. The molecule has 7 N–H and O–H groups in total. The summed E-state index contributed by atoms with van der Waals surface area (Å²) >= 11 is 0. The van der Waals surface area contributed by atoms with Crippen LogP contribution in [0.3, 0.4) is 0 Å². The van der Waals surface area contributed by atoms with Gasteiger partial charge in [-0.1, -0.05) is 45.8 Å². The number of rotatable bonds is 9. The molecule has 0 aromatic carbocycles. The number of hydrogen-bond donors (Lipinski definition) is 7. The first-order valence-electron chi connectivity index (χ1n) is 17.6. The summed E-state index contributed by atoms with van der Waals surface area (Å²) in [5.41, 5.74) is -0.618. The van der Waals surface area contributed by atoms with Crippen LogP contribution >= 0.6 is 0 Å². The summed E-state index contributed by atoms with van der Waals surface area (Å²) in [6.07, 6.45) is -0.438. The van der Waals surface area contributed by atoms with E-state index < -0.39 is 65.8 Å². The molecule has 5 aliphatic rings. The topological polar surface area (TPSA) is 177 Å². The maximum atomic E-state index is 13.6. The molecule has 264 valence electrons. The smallest absolute Gasteiger partial charge is 0.314 e. The van der Waals surface area contributed by atoms with E-state index in [4.69, 9.17) is 9.47 Å². The van der Waals surface area contributed by atoms with Crippen molar-refractivity contribution < 1.29 is 50.0 Å². The van der Waals surface area contributed by atoms with E-state index in [9.17, 15) is 40.5 Å². The van der Waals surface area contributed by atoms with Crippen molar-refractivity contribution in [3.8, 4) is 0 Å². The van der Waals surface area contributed by atoms with Gasteiger partial charge in [-0.3, -0.25) is 4.79 Å². The van der Waals surface area contributed by atoms with Gasteiger partial charge in [0.05, 0.1) is 29.8 Å². The third-order valence-electron chi connectivity index (χ3n) is 14.1. The Morgan fingerprint density at radius 1 is 0.957 bits per heavy atom. The standard InChI is InChI=1S/C36H60O10/c1-19(8-11-25(38)33(4,5)44)20-13-17-36(31(42)43)22-9-10-24-32(2,3)26(14-15-34(24,6)21(22)12-16-35(20,36)7)46-30-29(41)28(40)27(39)23(18-37)45-30/h19-20,23-30,37-41,44H,8-18H2,1-7H3,(H,42,43)/t19-,20-,23-,24+,25+,26-,27-,28+,29-,30+,34-,35-,36+/m1/s1. The number of aliphatic carboxylic acids is 1. The van der Waals surface area contributed by atoms with Crippen molar-refractivity contribution in [1.29, 1.82) is 0 Å². The third kappa shape index (κ3) is 5.42. The van der Waals surface area contributed by atoms with Crippen LogP contribution < -0.4 is 0 Å². The number of aliphatic hydroxyl groups excluding tert-OH is 5. The predicted octanol–water partition coefficient (Wildman–Crippen LogP) is 3.53. The molecule has 0 spiro atoms. The molecule has 5 rings (SSSR count). The molecule has 10 nitrogen and oxygen atoms in total. The van der Waals surface area contributed by atoms with Crippen LogP contribution in [0.25, 0.3) is 0 Å². The van der Waals surface area contributed by atoms with Gasteiger partial charge < -0.3 is 45.2 Å². The van der Waals surface area contributed by atoms with Gasteiger partial charge in [-0.25, -0.2) is 0 Å². The number of hydrogen-bond acceptors (Lipinski definition) is 9. The number of carboxylic acid groups (broad SMARTS) is 1. The lowest BCUT2D eigenvalue weighted by Crippen LogP contribution is -2.62. The lowest BCUT2D eigenvalue weighted by atomic mass is 9.43. The average molecular weight is 653 g/mol. The van der Waals surface area contributed by atoms with E-state index in [-0.39, 0.29) is 34.7 Å². The van der Waals surface area contributed by atoms with E-state index in [2.05, 4.69) is 34.6 Å². The fraction of sp³-hybridized carbons (Fsp3) is 0.917. The molecule has 46 heavy (non-hydrogen) atoms. The monoisotopic (exact) mass is 652 g/mol. The summed E-state index contributed by atoms with van der Waals surface area (Å²) in [7, 11) is 0.